The van der Waals surface area contributed by atoms with Crippen molar-refractivity contribution in [3.63, 3.8) is 0 Å². The monoisotopic (exact) mass is 519 g/mol. The molecule has 2 bridgehead atoms. The number of aliphatic hydroxyl groups is 1. The molecule has 2 aromatic rings. The van der Waals surface area contributed by atoms with Crippen LogP contribution in [0.25, 0.3) is 0 Å². The van der Waals surface area contributed by atoms with Crippen LogP contribution in [0.1, 0.15) is 45.5 Å². The summed E-state index contributed by atoms with van der Waals surface area (Å²) in [4.78, 5) is 4.36. The first kappa shape index (κ1) is 24.9. The van der Waals surface area contributed by atoms with Gasteiger partial charge in [0.15, 0.2) is 23.0 Å². The number of benzene rings is 2. The molecule has 5 atom stereocenters. The Balaban J connectivity index is 1.60. The Hall–Kier alpha value is -3.45. The molecule has 38 heavy (non-hydrogen) atoms. The van der Waals surface area contributed by atoms with Gasteiger partial charge in [-0.05, 0) is 44.9 Å². The molecule has 2 N–H and O–H groups in total. The van der Waals surface area contributed by atoms with Gasteiger partial charge >= 0.3 is 0 Å². The summed E-state index contributed by atoms with van der Waals surface area (Å²) >= 11 is 0. The number of methoxy groups -OCH3 is 1. The summed E-state index contributed by atoms with van der Waals surface area (Å²) < 4.78 is 23.6. The normalized spacial score (nSPS) is 27.1. The first-order chi connectivity index (χ1) is 18.4. The Morgan fingerprint density at radius 3 is 2.63 bits per heavy atom. The smallest absolute Gasteiger partial charge is 0.231 e. The lowest BCUT2D eigenvalue weighted by Crippen LogP contribution is -2.68. The fourth-order valence-electron chi connectivity index (χ4n) is 7.34. The van der Waals surface area contributed by atoms with Gasteiger partial charge in [0.2, 0.25) is 6.79 Å². The molecule has 0 aromatic heterocycles. The topological polar surface area (TPSA) is 108 Å². The number of hydrogen-bond donors (Lipinski definition) is 2. The van der Waals surface area contributed by atoms with Gasteiger partial charge in [-0.1, -0.05) is 18.7 Å². The molecule has 0 radical (unpaired) electrons. The van der Waals surface area contributed by atoms with Crippen molar-refractivity contribution in [3.8, 4) is 34.8 Å². The number of rotatable bonds is 5. The van der Waals surface area contributed by atoms with Gasteiger partial charge in [-0.2, -0.15) is 5.26 Å². The average molecular weight is 520 g/mol. The molecule has 0 spiro atoms. The van der Waals surface area contributed by atoms with Crippen LogP contribution in [0.5, 0.6) is 28.7 Å². The van der Waals surface area contributed by atoms with Gasteiger partial charge in [-0.15, -0.1) is 0 Å². The number of nitrogens with zero attached hydrogens (tertiary/aromatic N) is 3. The lowest BCUT2D eigenvalue weighted by Gasteiger charge is -2.59. The third kappa shape index (κ3) is 3.20. The number of piperazine rings is 1. The van der Waals surface area contributed by atoms with Crippen molar-refractivity contribution in [3.05, 3.63) is 52.1 Å². The lowest BCUT2D eigenvalue weighted by molar-refractivity contribution is -0.0825. The number of likely N-dealkylation sites (N-methyl/N-ethyl adjacent to an activating group) is 1. The standard InChI is InChI=1S/C29H33N3O6/c1-6-7-36-27-15(3)28-29(38-13-37-28)23-17(27)10-19-24-22-16(8-14(2)26(35-5)25(22)34)9-18(31(24)4)20(11-30)32(19)21(23)12-33/h6,8,18-21,24,33-34H,1,7,9-10,12-13H2,2-5H3/t18-,19?,20?,21-,24-/m0/s1. The molecule has 1 saturated heterocycles. The predicted octanol–water partition coefficient (Wildman–Crippen LogP) is 3.07. The van der Waals surface area contributed by atoms with Crippen molar-refractivity contribution < 1.29 is 29.2 Å². The molecular weight excluding hydrogens is 486 g/mol. The van der Waals surface area contributed by atoms with E-state index in [1.165, 1.54) is 0 Å². The van der Waals surface area contributed by atoms with Gasteiger partial charge in [-0.25, -0.2) is 0 Å². The Bertz CT molecular complexity index is 1370. The lowest BCUT2D eigenvalue weighted by atomic mass is 9.71. The number of aliphatic hydroxyl groups excluding tert-OH is 1. The van der Waals surface area contributed by atoms with E-state index in [0.717, 1.165) is 33.4 Å². The van der Waals surface area contributed by atoms with Gasteiger partial charge in [0.05, 0.1) is 31.9 Å². The van der Waals surface area contributed by atoms with E-state index in [2.05, 4.69) is 28.5 Å². The van der Waals surface area contributed by atoms with Crippen LogP contribution in [0.2, 0.25) is 0 Å². The van der Waals surface area contributed by atoms with Gasteiger partial charge in [0.25, 0.3) is 0 Å². The summed E-state index contributed by atoms with van der Waals surface area (Å²) in [7, 11) is 3.59. The Kier molecular flexibility index (Phi) is 5.94. The van der Waals surface area contributed by atoms with Crippen molar-refractivity contribution >= 4 is 0 Å². The van der Waals surface area contributed by atoms with Crippen molar-refractivity contribution in [1.29, 1.82) is 5.26 Å². The van der Waals surface area contributed by atoms with Crippen LogP contribution in [0.3, 0.4) is 0 Å². The number of phenols is 1. The van der Waals surface area contributed by atoms with Crippen molar-refractivity contribution in [1.82, 2.24) is 9.80 Å². The Morgan fingerprint density at radius 1 is 1.18 bits per heavy atom. The van der Waals surface area contributed by atoms with Crippen LogP contribution in [-0.4, -0.2) is 72.3 Å². The number of phenolic OH excluding ortho intramolecular Hbond substituents is 1. The minimum Gasteiger partial charge on any atom is -0.504 e. The minimum absolute atomic E-state index is 0.0885. The van der Waals surface area contributed by atoms with E-state index in [9.17, 15) is 15.5 Å². The van der Waals surface area contributed by atoms with Gasteiger partial charge < -0.3 is 29.2 Å². The number of aromatic hydroxyl groups is 1. The number of ether oxygens (including phenoxy) is 4. The second kappa shape index (κ2) is 9.09. The number of aryl methyl sites for hydroxylation is 1. The summed E-state index contributed by atoms with van der Waals surface area (Å²) in [5.74, 6) is 2.54. The van der Waals surface area contributed by atoms with E-state index < -0.39 is 12.1 Å². The molecule has 2 aromatic carbocycles. The minimum atomic E-state index is -0.509. The average Bonchev–Trinajstić information content (AvgIpc) is 3.39. The van der Waals surface area contributed by atoms with E-state index in [1.807, 2.05) is 20.9 Å². The largest absolute Gasteiger partial charge is 0.504 e. The summed E-state index contributed by atoms with van der Waals surface area (Å²) in [6.45, 7) is 7.88. The molecule has 200 valence electrons. The quantitative estimate of drug-likeness (QED) is 0.576. The highest BCUT2D eigenvalue weighted by molar-refractivity contribution is 5.66. The SMILES string of the molecule is C=CCOc1c(C)c2c(c3c1CC1[C@H]4c5c(cc(C)c(OC)c5O)C[C@@H](C(C#N)N1[C@H]3CO)N4C)OCO2. The molecule has 0 aliphatic carbocycles. The molecule has 4 aliphatic rings. The highest BCUT2D eigenvalue weighted by Crippen LogP contribution is 2.58. The summed E-state index contributed by atoms with van der Waals surface area (Å²) in [6.07, 6.45) is 2.83. The summed E-state index contributed by atoms with van der Waals surface area (Å²) in [5.41, 5.74) is 5.31. The predicted molar refractivity (Wildman–Crippen MR) is 139 cm³/mol. The van der Waals surface area contributed by atoms with Crippen molar-refractivity contribution in [2.24, 2.45) is 0 Å². The molecule has 6 rings (SSSR count). The van der Waals surface area contributed by atoms with E-state index in [1.54, 1.807) is 13.2 Å². The molecule has 4 heterocycles. The van der Waals surface area contributed by atoms with E-state index in [-0.39, 0.29) is 37.3 Å². The first-order valence-electron chi connectivity index (χ1n) is 13.0. The van der Waals surface area contributed by atoms with E-state index >= 15 is 0 Å². The fraction of sp³-hybridized carbons (Fsp3) is 0.483. The van der Waals surface area contributed by atoms with Crippen LogP contribution in [0.15, 0.2) is 18.7 Å². The number of fused-ring (bicyclic) bond motifs is 9. The maximum absolute atomic E-state index is 11.5. The maximum atomic E-state index is 11.5. The van der Waals surface area contributed by atoms with Crippen molar-refractivity contribution in [2.45, 2.75) is 56.9 Å². The van der Waals surface area contributed by atoms with E-state index in [4.69, 9.17) is 18.9 Å². The zero-order valence-electron chi connectivity index (χ0n) is 22.2. The van der Waals surface area contributed by atoms with Gasteiger partial charge in [0, 0.05) is 34.3 Å². The Morgan fingerprint density at radius 2 is 1.95 bits per heavy atom. The van der Waals surface area contributed by atoms with Crippen LogP contribution >= 0.6 is 0 Å². The van der Waals surface area contributed by atoms with Gasteiger partial charge in [-0.3, -0.25) is 9.80 Å². The zero-order chi connectivity index (χ0) is 26.9. The van der Waals surface area contributed by atoms with Crippen LogP contribution in [0, 0.1) is 25.2 Å². The van der Waals surface area contributed by atoms with Crippen LogP contribution in [-0.2, 0) is 12.8 Å². The van der Waals surface area contributed by atoms with Crippen molar-refractivity contribution in [2.75, 3.05) is 34.2 Å². The maximum Gasteiger partial charge on any atom is 0.231 e. The highest BCUT2D eigenvalue weighted by Gasteiger charge is 2.56. The third-order valence-corrected chi connectivity index (χ3v) is 8.78. The van der Waals surface area contributed by atoms with Crippen LogP contribution < -0.4 is 18.9 Å². The summed E-state index contributed by atoms with van der Waals surface area (Å²) in [5, 5.41) is 32.8. The molecule has 2 unspecified atom stereocenters. The highest BCUT2D eigenvalue weighted by atomic mass is 16.7. The Labute approximate surface area is 222 Å². The molecule has 1 fully saturated rings. The summed E-state index contributed by atoms with van der Waals surface area (Å²) in [6, 6.07) is 3.06. The third-order valence-electron chi connectivity index (χ3n) is 8.78. The zero-order valence-corrected chi connectivity index (χ0v) is 22.2. The molecule has 4 aliphatic heterocycles. The molecule has 0 saturated carbocycles. The second-order valence-electron chi connectivity index (χ2n) is 10.5. The first-order valence-corrected chi connectivity index (χ1v) is 13.0. The molecule has 9 heteroatoms. The fourth-order valence-corrected chi connectivity index (χ4v) is 7.34. The van der Waals surface area contributed by atoms with E-state index in [0.29, 0.717) is 42.4 Å². The molecule has 0 amide bonds. The molecule has 9 nitrogen and oxygen atoms in total. The second-order valence-corrected chi connectivity index (χ2v) is 10.5. The van der Waals surface area contributed by atoms with Gasteiger partial charge in [0.1, 0.15) is 18.4 Å². The van der Waals surface area contributed by atoms with Crippen LogP contribution in [0.4, 0.5) is 0 Å². The molecular formula is C29H33N3O6. The number of nitriles is 1. The number of hydrogen-bond acceptors (Lipinski definition) is 9.